The minimum absolute atomic E-state index is 0. The van der Waals surface area contributed by atoms with Gasteiger partial charge in [0.1, 0.15) is 0 Å². The topological polar surface area (TPSA) is 44.7 Å². The Kier molecular flexibility index (Phi) is 10.3. The molecule has 0 spiro atoms. The van der Waals surface area contributed by atoms with Crippen LogP contribution in [-0.4, -0.2) is 41.5 Å². The highest BCUT2D eigenvalue weighted by Gasteiger charge is 2.09. The summed E-state index contributed by atoms with van der Waals surface area (Å²) < 4.78 is 13.3. The third-order valence-electron chi connectivity index (χ3n) is 3.52. The van der Waals surface area contributed by atoms with Crippen molar-refractivity contribution in [1.29, 1.82) is 0 Å². The zero-order chi connectivity index (χ0) is 17.4. The molecule has 0 amide bonds. The molecule has 4 nitrogen and oxygen atoms in total. The van der Waals surface area contributed by atoms with Crippen LogP contribution in [0.2, 0.25) is 0 Å². The maximum atomic E-state index is 12.2. The molecule has 0 radical (unpaired) electrons. The fourth-order valence-corrected chi connectivity index (χ4v) is 3.68. The fraction of sp³-hybridized carbons (Fsp3) is 0.278. The molecule has 1 unspecified atom stereocenters. The molecule has 0 saturated carbocycles. The summed E-state index contributed by atoms with van der Waals surface area (Å²) in [5.74, 6) is 1.34. The molecule has 0 bridgehead atoms. The van der Waals surface area contributed by atoms with Gasteiger partial charge in [0, 0.05) is 42.3 Å². The number of nitrogens with one attached hydrogen (secondary N) is 1. The molecule has 2 rings (SSSR count). The standard InChI is InChI=1S/C18H22BrN3OS.HI/c1-20-18(22(2)14-15-8-6-7-11-17(15)19)21-12-13-24(23)16-9-4-3-5-10-16;/h3-11H,12-14H2,1-2H3,(H,20,21);1H. The number of nitrogens with zero attached hydrogens (tertiary/aromatic N) is 2. The van der Waals surface area contributed by atoms with Crippen molar-refractivity contribution in [2.24, 2.45) is 4.99 Å². The van der Waals surface area contributed by atoms with E-state index < -0.39 is 10.8 Å². The summed E-state index contributed by atoms with van der Waals surface area (Å²) in [6.07, 6.45) is 0. The van der Waals surface area contributed by atoms with Gasteiger partial charge in [-0.1, -0.05) is 52.3 Å². The molecule has 0 saturated heterocycles. The molecule has 1 N–H and O–H groups in total. The lowest BCUT2D eigenvalue weighted by Crippen LogP contribution is -2.40. The van der Waals surface area contributed by atoms with Gasteiger partial charge in [-0.05, 0) is 23.8 Å². The van der Waals surface area contributed by atoms with Crippen molar-refractivity contribution >= 4 is 56.7 Å². The first-order valence-electron chi connectivity index (χ1n) is 7.70. The second kappa shape index (κ2) is 11.6. The highest BCUT2D eigenvalue weighted by molar-refractivity contribution is 14.0. The number of aliphatic imine (C=N–C) groups is 1. The van der Waals surface area contributed by atoms with Crippen LogP contribution in [0, 0.1) is 0 Å². The van der Waals surface area contributed by atoms with Gasteiger partial charge in [-0.2, -0.15) is 0 Å². The second-order valence-electron chi connectivity index (χ2n) is 5.28. The second-order valence-corrected chi connectivity index (χ2v) is 7.71. The van der Waals surface area contributed by atoms with Gasteiger partial charge in [-0.15, -0.1) is 24.0 Å². The first-order valence-corrected chi connectivity index (χ1v) is 9.81. The lowest BCUT2D eigenvalue weighted by molar-refractivity contribution is 0.478. The van der Waals surface area contributed by atoms with Gasteiger partial charge in [0.15, 0.2) is 5.96 Å². The number of halogens is 2. The highest BCUT2D eigenvalue weighted by Crippen LogP contribution is 2.17. The van der Waals surface area contributed by atoms with Crippen LogP contribution in [0.3, 0.4) is 0 Å². The first kappa shape index (κ1) is 22.1. The number of benzene rings is 2. The van der Waals surface area contributed by atoms with Crippen LogP contribution >= 0.6 is 39.9 Å². The van der Waals surface area contributed by atoms with Gasteiger partial charge >= 0.3 is 0 Å². The van der Waals surface area contributed by atoms with Crippen LogP contribution in [-0.2, 0) is 17.3 Å². The molecule has 0 aromatic heterocycles. The summed E-state index contributed by atoms with van der Waals surface area (Å²) in [4.78, 5) is 7.21. The van der Waals surface area contributed by atoms with E-state index in [4.69, 9.17) is 0 Å². The minimum atomic E-state index is -1.00. The number of hydrogen-bond donors (Lipinski definition) is 1. The van der Waals surface area contributed by atoms with Crippen molar-refractivity contribution in [1.82, 2.24) is 10.2 Å². The molecule has 0 heterocycles. The molecular formula is C18H23BrIN3OS. The Morgan fingerprint density at radius 2 is 1.80 bits per heavy atom. The van der Waals surface area contributed by atoms with Crippen LogP contribution in [0.15, 0.2) is 69.0 Å². The van der Waals surface area contributed by atoms with Crippen molar-refractivity contribution in [3.8, 4) is 0 Å². The van der Waals surface area contributed by atoms with Crippen LogP contribution in [0.1, 0.15) is 5.56 Å². The predicted octanol–water partition coefficient (Wildman–Crippen LogP) is 3.88. The Labute approximate surface area is 177 Å². The number of guanidine groups is 1. The van der Waals surface area contributed by atoms with E-state index in [1.807, 2.05) is 60.5 Å². The van der Waals surface area contributed by atoms with E-state index in [1.165, 1.54) is 5.56 Å². The maximum Gasteiger partial charge on any atom is 0.193 e. The number of rotatable bonds is 6. The lowest BCUT2D eigenvalue weighted by atomic mass is 10.2. The highest BCUT2D eigenvalue weighted by atomic mass is 127. The third kappa shape index (κ3) is 7.07. The Morgan fingerprint density at radius 1 is 1.16 bits per heavy atom. The van der Waals surface area contributed by atoms with Crippen LogP contribution in [0.4, 0.5) is 0 Å². The van der Waals surface area contributed by atoms with Crippen molar-refractivity contribution in [3.05, 3.63) is 64.6 Å². The van der Waals surface area contributed by atoms with Crippen LogP contribution in [0.5, 0.6) is 0 Å². The Bertz CT molecular complexity index is 712. The van der Waals surface area contributed by atoms with E-state index in [0.29, 0.717) is 12.3 Å². The normalized spacial score (nSPS) is 12.2. The van der Waals surface area contributed by atoms with E-state index in [0.717, 1.165) is 21.9 Å². The minimum Gasteiger partial charge on any atom is -0.355 e. The van der Waals surface area contributed by atoms with Crippen LogP contribution < -0.4 is 5.32 Å². The SMILES string of the molecule is CN=C(NCCS(=O)c1ccccc1)N(C)Cc1ccccc1Br.I. The maximum absolute atomic E-state index is 12.2. The molecule has 25 heavy (non-hydrogen) atoms. The zero-order valence-corrected chi connectivity index (χ0v) is 19.0. The first-order chi connectivity index (χ1) is 11.6. The van der Waals surface area contributed by atoms with E-state index in [1.54, 1.807) is 7.05 Å². The number of hydrogen-bond acceptors (Lipinski definition) is 2. The van der Waals surface area contributed by atoms with Gasteiger partial charge in [-0.3, -0.25) is 9.20 Å². The summed E-state index contributed by atoms with van der Waals surface area (Å²) in [5, 5.41) is 3.28. The van der Waals surface area contributed by atoms with Crippen molar-refractivity contribution in [3.63, 3.8) is 0 Å². The monoisotopic (exact) mass is 535 g/mol. The third-order valence-corrected chi connectivity index (χ3v) is 5.66. The van der Waals surface area contributed by atoms with Crippen molar-refractivity contribution in [2.45, 2.75) is 11.4 Å². The average molecular weight is 536 g/mol. The molecule has 0 aliphatic carbocycles. The molecule has 0 fully saturated rings. The Balaban J connectivity index is 0.00000312. The van der Waals surface area contributed by atoms with Crippen LogP contribution in [0.25, 0.3) is 0 Å². The molecule has 2 aromatic rings. The van der Waals surface area contributed by atoms with Gasteiger partial charge in [0.05, 0.1) is 10.8 Å². The Morgan fingerprint density at radius 3 is 2.44 bits per heavy atom. The molecule has 0 aliphatic rings. The molecule has 2 aromatic carbocycles. The largest absolute Gasteiger partial charge is 0.355 e. The quantitative estimate of drug-likeness (QED) is 0.347. The van der Waals surface area contributed by atoms with E-state index >= 15 is 0 Å². The molecule has 7 heteroatoms. The van der Waals surface area contributed by atoms with E-state index in [9.17, 15) is 4.21 Å². The summed E-state index contributed by atoms with van der Waals surface area (Å²) in [5.41, 5.74) is 1.19. The van der Waals surface area contributed by atoms with Crippen molar-refractivity contribution < 1.29 is 4.21 Å². The average Bonchev–Trinajstić information content (AvgIpc) is 2.61. The molecule has 136 valence electrons. The van der Waals surface area contributed by atoms with Gasteiger partial charge < -0.3 is 10.2 Å². The summed E-state index contributed by atoms with van der Waals surface area (Å²) >= 11 is 3.57. The lowest BCUT2D eigenvalue weighted by Gasteiger charge is -2.22. The fourth-order valence-electron chi connectivity index (χ4n) is 2.29. The predicted molar refractivity (Wildman–Crippen MR) is 120 cm³/mol. The molecule has 1 atom stereocenters. The molecular weight excluding hydrogens is 513 g/mol. The summed E-state index contributed by atoms with van der Waals surface area (Å²) in [7, 11) is 2.75. The zero-order valence-electron chi connectivity index (χ0n) is 14.3. The van der Waals surface area contributed by atoms with Gasteiger partial charge in [0.2, 0.25) is 0 Å². The van der Waals surface area contributed by atoms with Crippen molar-refractivity contribution in [2.75, 3.05) is 26.4 Å². The van der Waals surface area contributed by atoms with E-state index in [2.05, 4.69) is 32.3 Å². The molecule has 0 aliphatic heterocycles. The smallest absolute Gasteiger partial charge is 0.193 e. The van der Waals surface area contributed by atoms with E-state index in [-0.39, 0.29) is 24.0 Å². The van der Waals surface area contributed by atoms with Gasteiger partial charge in [-0.25, -0.2) is 0 Å². The summed E-state index contributed by atoms with van der Waals surface area (Å²) in [6.45, 7) is 1.34. The van der Waals surface area contributed by atoms with Gasteiger partial charge in [0.25, 0.3) is 0 Å². The Hall–Kier alpha value is -0.930. The summed E-state index contributed by atoms with van der Waals surface area (Å²) in [6, 6.07) is 17.7.